The van der Waals surface area contributed by atoms with E-state index in [0.717, 1.165) is 6.04 Å². The van der Waals surface area contributed by atoms with Crippen LogP contribution in [-0.4, -0.2) is 40.1 Å². The molecule has 0 amide bonds. The van der Waals surface area contributed by atoms with Crippen molar-refractivity contribution in [2.75, 3.05) is 20.8 Å². The Morgan fingerprint density at radius 2 is 1.79 bits per heavy atom. The molecule has 1 atom stereocenters. The zero-order valence-electron chi connectivity index (χ0n) is 9.45. The summed E-state index contributed by atoms with van der Waals surface area (Å²) in [6.07, 6.45) is 5.31. The molecule has 1 saturated carbocycles. The maximum Gasteiger partial charge on any atom is 0.430 e. The summed E-state index contributed by atoms with van der Waals surface area (Å²) in [5, 5.41) is 0. The van der Waals surface area contributed by atoms with E-state index in [9.17, 15) is 0 Å². The zero-order valence-corrected chi connectivity index (χ0v) is 10.5. The van der Waals surface area contributed by atoms with E-state index in [4.69, 9.17) is 8.85 Å². The first-order chi connectivity index (χ1) is 6.74. The Bertz CT molecular complexity index is 204. The highest BCUT2D eigenvalue weighted by Gasteiger charge is 2.56. The Hall–Kier alpha value is 0.0969. The van der Waals surface area contributed by atoms with Gasteiger partial charge in [0.15, 0.2) is 0 Å². The minimum atomic E-state index is -2.01. The Labute approximate surface area is 87.7 Å². The van der Waals surface area contributed by atoms with E-state index in [2.05, 4.69) is 11.5 Å². The summed E-state index contributed by atoms with van der Waals surface area (Å²) in [5.74, 6) is 0. The first kappa shape index (κ1) is 10.6. The van der Waals surface area contributed by atoms with E-state index >= 15 is 0 Å². The lowest BCUT2D eigenvalue weighted by Gasteiger charge is -2.43. The topological polar surface area (TPSA) is 21.7 Å². The fourth-order valence-corrected chi connectivity index (χ4v) is 6.52. The molecule has 0 aromatic rings. The number of nitrogens with zero attached hydrogens (tertiary/aromatic N) is 1. The Morgan fingerprint density at radius 1 is 1.14 bits per heavy atom. The van der Waals surface area contributed by atoms with E-state index in [-0.39, 0.29) is 0 Å². The van der Waals surface area contributed by atoms with Gasteiger partial charge < -0.3 is 8.85 Å². The minimum Gasteiger partial charge on any atom is -0.386 e. The van der Waals surface area contributed by atoms with Gasteiger partial charge in [-0.05, 0) is 25.8 Å². The van der Waals surface area contributed by atoms with Gasteiger partial charge in [-0.15, -0.1) is 0 Å². The lowest BCUT2D eigenvalue weighted by Crippen LogP contribution is -2.60. The lowest BCUT2D eigenvalue weighted by atomic mass is 9.93. The third-order valence-electron chi connectivity index (χ3n) is 3.93. The summed E-state index contributed by atoms with van der Waals surface area (Å²) in [6.45, 7) is 3.46. The third kappa shape index (κ3) is 1.36. The predicted molar refractivity (Wildman–Crippen MR) is 58.2 cm³/mol. The van der Waals surface area contributed by atoms with Crippen LogP contribution in [0.1, 0.15) is 32.6 Å². The normalized spacial score (nSPS) is 33.2. The lowest BCUT2D eigenvalue weighted by molar-refractivity contribution is 0.121. The highest BCUT2D eigenvalue weighted by Crippen LogP contribution is 2.41. The molecule has 1 saturated heterocycles. The van der Waals surface area contributed by atoms with Gasteiger partial charge in [-0.2, -0.15) is 0 Å². The van der Waals surface area contributed by atoms with Crippen LogP contribution in [0.3, 0.4) is 0 Å². The Balaban J connectivity index is 2.14. The molecule has 0 aromatic heterocycles. The minimum absolute atomic E-state index is 0.609. The highest BCUT2D eigenvalue weighted by atomic mass is 28.4. The van der Waals surface area contributed by atoms with E-state index in [1.807, 2.05) is 14.2 Å². The molecular weight excluding hydrogens is 194 g/mol. The van der Waals surface area contributed by atoms with E-state index < -0.39 is 8.72 Å². The molecule has 14 heavy (non-hydrogen) atoms. The highest BCUT2D eigenvalue weighted by molar-refractivity contribution is 6.66. The molecule has 1 unspecified atom stereocenters. The fraction of sp³-hybridized carbons (Fsp3) is 1.00. The van der Waals surface area contributed by atoms with Crippen molar-refractivity contribution in [3.8, 4) is 0 Å². The monoisotopic (exact) mass is 215 g/mol. The van der Waals surface area contributed by atoms with Crippen LogP contribution in [0.25, 0.3) is 0 Å². The van der Waals surface area contributed by atoms with Gasteiger partial charge in [-0.1, -0.05) is 13.3 Å². The maximum atomic E-state index is 5.77. The smallest absolute Gasteiger partial charge is 0.386 e. The van der Waals surface area contributed by atoms with Crippen molar-refractivity contribution in [3.05, 3.63) is 0 Å². The summed E-state index contributed by atoms with van der Waals surface area (Å²) < 4.78 is 14.1. The fourth-order valence-electron chi connectivity index (χ4n) is 2.81. The quantitative estimate of drug-likeness (QED) is 0.671. The summed E-state index contributed by atoms with van der Waals surface area (Å²) >= 11 is 0. The molecule has 0 spiro atoms. The van der Waals surface area contributed by atoms with E-state index in [0.29, 0.717) is 5.54 Å². The van der Waals surface area contributed by atoms with Gasteiger partial charge in [0, 0.05) is 25.8 Å². The molecular formula is C10H21NO2Si. The molecule has 2 aliphatic rings. The summed E-state index contributed by atoms with van der Waals surface area (Å²) in [6, 6.07) is 0.756. The number of hydrogen-bond acceptors (Lipinski definition) is 3. The van der Waals surface area contributed by atoms with Crippen molar-refractivity contribution in [2.24, 2.45) is 0 Å². The molecule has 1 heterocycles. The molecule has 2 rings (SSSR count). The first-order valence-corrected chi connectivity index (χ1v) is 7.45. The molecule has 82 valence electrons. The summed E-state index contributed by atoms with van der Waals surface area (Å²) in [5.41, 5.74) is 0.609. The third-order valence-corrected chi connectivity index (χ3v) is 8.02. The number of hydrogen-bond donors (Lipinski definition) is 0. The van der Waals surface area contributed by atoms with Gasteiger partial charge >= 0.3 is 8.72 Å². The van der Waals surface area contributed by atoms with Gasteiger partial charge in [0.25, 0.3) is 0 Å². The van der Waals surface area contributed by atoms with Gasteiger partial charge in [0.1, 0.15) is 0 Å². The standard InChI is InChI=1S/C10H21NO2Si/c1-9-7-8-11(10-5-4-6-10)14(9,12-2)13-3/h9-10H,4-8H2,1-3H3. The van der Waals surface area contributed by atoms with Crippen molar-refractivity contribution in [1.29, 1.82) is 0 Å². The van der Waals surface area contributed by atoms with Crippen LogP contribution >= 0.6 is 0 Å². The average Bonchev–Trinajstić information content (AvgIpc) is 2.42. The second-order valence-electron chi connectivity index (χ2n) is 4.51. The van der Waals surface area contributed by atoms with Gasteiger partial charge in [-0.25, -0.2) is 0 Å². The van der Waals surface area contributed by atoms with Crippen LogP contribution in [0.5, 0.6) is 0 Å². The molecule has 0 aromatic carbocycles. The van der Waals surface area contributed by atoms with Crippen molar-refractivity contribution in [1.82, 2.24) is 4.57 Å². The van der Waals surface area contributed by atoms with Crippen molar-refractivity contribution >= 4 is 8.72 Å². The van der Waals surface area contributed by atoms with Crippen LogP contribution in [-0.2, 0) is 8.85 Å². The molecule has 4 heteroatoms. The molecule has 1 aliphatic carbocycles. The van der Waals surface area contributed by atoms with Crippen LogP contribution in [0.2, 0.25) is 5.54 Å². The molecule has 1 aliphatic heterocycles. The molecule has 0 N–H and O–H groups in total. The average molecular weight is 215 g/mol. The Kier molecular flexibility index (Phi) is 2.97. The predicted octanol–water partition coefficient (Wildman–Crippen LogP) is 1.87. The maximum absolute atomic E-state index is 5.77. The van der Waals surface area contributed by atoms with Gasteiger partial charge in [0.2, 0.25) is 0 Å². The van der Waals surface area contributed by atoms with E-state index in [1.165, 1.54) is 32.2 Å². The summed E-state index contributed by atoms with van der Waals surface area (Å²) in [7, 11) is 1.63. The zero-order chi connectivity index (χ0) is 10.2. The molecule has 2 fully saturated rings. The van der Waals surface area contributed by atoms with Crippen molar-refractivity contribution in [2.45, 2.75) is 44.2 Å². The molecule has 0 bridgehead atoms. The van der Waals surface area contributed by atoms with Gasteiger partial charge in [0.05, 0.1) is 0 Å². The second-order valence-corrected chi connectivity index (χ2v) is 8.14. The Morgan fingerprint density at radius 3 is 2.21 bits per heavy atom. The van der Waals surface area contributed by atoms with Crippen LogP contribution < -0.4 is 0 Å². The van der Waals surface area contributed by atoms with Gasteiger partial charge in [-0.3, -0.25) is 4.57 Å². The number of rotatable bonds is 3. The molecule has 0 radical (unpaired) electrons. The van der Waals surface area contributed by atoms with Crippen LogP contribution in [0.15, 0.2) is 0 Å². The first-order valence-electron chi connectivity index (χ1n) is 5.61. The molecule has 3 nitrogen and oxygen atoms in total. The van der Waals surface area contributed by atoms with Crippen molar-refractivity contribution < 1.29 is 8.85 Å². The van der Waals surface area contributed by atoms with E-state index in [1.54, 1.807) is 0 Å². The van der Waals surface area contributed by atoms with Crippen LogP contribution in [0, 0.1) is 0 Å². The van der Waals surface area contributed by atoms with Crippen LogP contribution in [0.4, 0.5) is 0 Å². The van der Waals surface area contributed by atoms with Crippen molar-refractivity contribution in [3.63, 3.8) is 0 Å². The second kappa shape index (κ2) is 3.93. The SMILES string of the molecule is CO[Si]1(OC)C(C)CCN1C1CCC1. The summed E-state index contributed by atoms with van der Waals surface area (Å²) in [4.78, 5) is 0. The largest absolute Gasteiger partial charge is 0.430 e.